The third-order valence-corrected chi connectivity index (χ3v) is 4.39. The third-order valence-electron chi connectivity index (χ3n) is 3.55. The molecule has 2 aromatic carbocycles. The van der Waals surface area contributed by atoms with Crippen LogP contribution in [-0.4, -0.2) is 29.2 Å². The molecule has 1 heterocycles. The van der Waals surface area contributed by atoms with E-state index in [-0.39, 0.29) is 17.6 Å². The second kappa shape index (κ2) is 9.05. The molecule has 0 atom stereocenters. The lowest BCUT2D eigenvalue weighted by atomic mass is 10.2. The van der Waals surface area contributed by atoms with Crippen LogP contribution in [0.1, 0.15) is 17.3 Å². The summed E-state index contributed by atoms with van der Waals surface area (Å²) in [5.74, 6) is 0.245. The summed E-state index contributed by atoms with van der Waals surface area (Å²) in [5.41, 5.74) is 1.98. The van der Waals surface area contributed by atoms with Crippen LogP contribution in [-0.2, 0) is 9.53 Å². The number of carbonyl (C=O) groups is 2. The summed E-state index contributed by atoms with van der Waals surface area (Å²) >= 11 is 1.21. The van der Waals surface area contributed by atoms with Crippen molar-refractivity contribution in [1.82, 2.24) is 4.98 Å². The van der Waals surface area contributed by atoms with Gasteiger partial charge in [-0.1, -0.05) is 42.1 Å². The predicted octanol–water partition coefficient (Wildman–Crippen LogP) is 4.25. The van der Waals surface area contributed by atoms with Crippen molar-refractivity contribution in [2.75, 3.05) is 17.7 Å². The van der Waals surface area contributed by atoms with Crippen molar-refractivity contribution < 1.29 is 18.7 Å². The monoisotopic (exact) mass is 382 g/mol. The summed E-state index contributed by atoms with van der Waals surface area (Å²) in [6.45, 7) is 2.07. The summed E-state index contributed by atoms with van der Waals surface area (Å²) in [6.07, 6.45) is 1.64. The highest BCUT2D eigenvalue weighted by atomic mass is 32.2. The first kappa shape index (κ1) is 18.7. The summed E-state index contributed by atoms with van der Waals surface area (Å²) in [7, 11) is 0. The van der Waals surface area contributed by atoms with Crippen molar-refractivity contribution in [1.29, 1.82) is 0 Å². The van der Waals surface area contributed by atoms with E-state index in [2.05, 4.69) is 10.3 Å². The highest BCUT2D eigenvalue weighted by Gasteiger charge is 2.11. The zero-order valence-corrected chi connectivity index (χ0v) is 15.5. The van der Waals surface area contributed by atoms with Crippen LogP contribution in [0.25, 0.3) is 11.3 Å². The molecule has 0 aliphatic carbocycles. The first-order valence-corrected chi connectivity index (χ1v) is 9.35. The molecule has 1 N–H and O–H groups in total. The molecule has 6 nitrogen and oxygen atoms in total. The normalized spacial score (nSPS) is 10.4. The topological polar surface area (TPSA) is 81.4 Å². The summed E-state index contributed by atoms with van der Waals surface area (Å²) in [6, 6.07) is 16.2. The van der Waals surface area contributed by atoms with Gasteiger partial charge in [0, 0.05) is 11.3 Å². The number of nitrogens with one attached hydrogen (secondary N) is 1. The second-order valence-electron chi connectivity index (χ2n) is 5.49. The molecule has 0 radical (unpaired) electrons. The van der Waals surface area contributed by atoms with Crippen molar-refractivity contribution in [2.24, 2.45) is 0 Å². The predicted molar refractivity (Wildman–Crippen MR) is 104 cm³/mol. The van der Waals surface area contributed by atoms with E-state index < -0.39 is 0 Å². The first-order chi connectivity index (χ1) is 13.2. The van der Waals surface area contributed by atoms with E-state index in [9.17, 15) is 9.59 Å². The van der Waals surface area contributed by atoms with Gasteiger partial charge in [0.25, 0.3) is 5.22 Å². The van der Waals surface area contributed by atoms with Gasteiger partial charge >= 0.3 is 5.97 Å². The number of oxazole rings is 1. The van der Waals surface area contributed by atoms with E-state index in [1.807, 2.05) is 30.3 Å². The maximum Gasteiger partial charge on any atom is 0.338 e. The Balaban J connectivity index is 1.51. The minimum atomic E-state index is -0.385. The van der Waals surface area contributed by atoms with Crippen LogP contribution in [0.3, 0.4) is 0 Å². The van der Waals surface area contributed by atoms with Gasteiger partial charge in [0.15, 0.2) is 5.76 Å². The zero-order chi connectivity index (χ0) is 19.1. The van der Waals surface area contributed by atoms with Gasteiger partial charge in [-0.25, -0.2) is 9.78 Å². The van der Waals surface area contributed by atoms with Crippen LogP contribution in [0.5, 0.6) is 0 Å². The molecular formula is C20H18N2O4S. The fourth-order valence-corrected chi connectivity index (χ4v) is 2.89. The lowest BCUT2D eigenvalue weighted by Gasteiger charge is -2.06. The van der Waals surface area contributed by atoms with Crippen molar-refractivity contribution in [2.45, 2.75) is 12.1 Å². The fourth-order valence-electron chi connectivity index (χ4n) is 2.29. The average molecular weight is 382 g/mol. The van der Waals surface area contributed by atoms with Crippen molar-refractivity contribution in [3.63, 3.8) is 0 Å². The Morgan fingerprint density at radius 1 is 1.11 bits per heavy atom. The van der Waals surface area contributed by atoms with Gasteiger partial charge in [-0.05, 0) is 31.2 Å². The molecule has 3 rings (SSSR count). The molecule has 0 aliphatic heterocycles. The Kier molecular flexibility index (Phi) is 6.27. The summed E-state index contributed by atoms with van der Waals surface area (Å²) in [5, 5.41) is 3.20. The van der Waals surface area contributed by atoms with Crippen molar-refractivity contribution in [3.8, 4) is 11.3 Å². The van der Waals surface area contributed by atoms with Crippen LogP contribution in [0.2, 0.25) is 0 Å². The minimum absolute atomic E-state index is 0.161. The molecule has 0 spiro atoms. The van der Waals surface area contributed by atoms with Crippen LogP contribution in [0.4, 0.5) is 5.69 Å². The number of benzene rings is 2. The van der Waals surface area contributed by atoms with Crippen LogP contribution in [0.15, 0.2) is 70.4 Å². The molecule has 0 unspecified atom stereocenters. The Morgan fingerprint density at radius 2 is 1.85 bits per heavy atom. The molecule has 1 aromatic heterocycles. The molecule has 0 saturated carbocycles. The highest BCUT2D eigenvalue weighted by molar-refractivity contribution is 7.99. The number of ether oxygens (including phenoxy) is 1. The number of aromatic nitrogens is 1. The maximum absolute atomic E-state index is 12.1. The summed E-state index contributed by atoms with van der Waals surface area (Å²) < 4.78 is 10.6. The van der Waals surface area contributed by atoms with Gasteiger partial charge in [0.2, 0.25) is 5.91 Å². The quantitative estimate of drug-likeness (QED) is 0.486. The van der Waals surface area contributed by atoms with Gasteiger partial charge in [-0.3, -0.25) is 4.79 Å². The molecule has 27 heavy (non-hydrogen) atoms. The Morgan fingerprint density at radius 3 is 2.56 bits per heavy atom. The third kappa shape index (κ3) is 5.21. The number of hydrogen-bond donors (Lipinski definition) is 1. The number of amides is 1. The number of nitrogens with zero attached hydrogens (tertiary/aromatic N) is 1. The lowest BCUT2D eigenvalue weighted by molar-refractivity contribution is -0.113. The van der Waals surface area contributed by atoms with Crippen molar-refractivity contribution in [3.05, 3.63) is 66.4 Å². The van der Waals surface area contributed by atoms with E-state index >= 15 is 0 Å². The molecule has 0 fully saturated rings. The fraction of sp³-hybridized carbons (Fsp3) is 0.150. The number of hydrogen-bond acceptors (Lipinski definition) is 6. The SMILES string of the molecule is CCOC(=O)c1ccc(NC(=O)CSc2ncc(-c3ccccc3)o2)cc1. The largest absolute Gasteiger partial charge is 0.462 e. The van der Waals surface area contributed by atoms with E-state index in [0.717, 1.165) is 5.56 Å². The number of thioether (sulfide) groups is 1. The van der Waals surface area contributed by atoms with Gasteiger partial charge in [0.1, 0.15) is 0 Å². The molecule has 138 valence electrons. The second-order valence-corrected chi connectivity index (χ2v) is 6.42. The van der Waals surface area contributed by atoms with Gasteiger partial charge in [0.05, 0.1) is 24.1 Å². The maximum atomic E-state index is 12.1. The van der Waals surface area contributed by atoms with Crippen LogP contribution < -0.4 is 5.32 Å². The van der Waals surface area contributed by atoms with E-state index in [1.165, 1.54) is 11.8 Å². The highest BCUT2D eigenvalue weighted by Crippen LogP contribution is 2.25. The molecule has 3 aromatic rings. The Labute approximate surface area is 160 Å². The average Bonchev–Trinajstić information content (AvgIpc) is 3.17. The van der Waals surface area contributed by atoms with Gasteiger partial charge in [-0.15, -0.1) is 0 Å². The number of esters is 1. The minimum Gasteiger partial charge on any atom is -0.462 e. The molecule has 0 saturated heterocycles. The Hall–Kier alpha value is -3.06. The van der Waals surface area contributed by atoms with Gasteiger partial charge < -0.3 is 14.5 Å². The van der Waals surface area contributed by atoms with Gasteiger partial charge in [-0.2, -0.15) is 0 Å². The number of anilines is 1. The molecule has 0 aliphatic rings. The first-order valence-electron chi connectivity index (χ1n) is 8.37. The van der Waals surface area contributed by atoms with Crippen molar-refractivity contribution >= 4 is 29.3 Å². The zero-order valence-electron chi connectivity index (χ0n) is 14.7. The van der Waals surface area contributed by atoms with Crippen LogP contribution in [0, 0.1) is 0 Å². The molecule has 0 bridgehead atoms. The standard InChI is InChI=1S/C20H18N2O4S/c1-2-25-19(24)15-8-10-16(11-9-15)22-18(23)13-27-20-21-12-17(26-20)14-6-4-3-5-7-14/h3-12H,2,13H2,1H3,(H,22,23). The van der Waals surface area contributed by atoms with E-state index in [1.54, 1.807) is 37.4 Å². The smallest absolute Gasteiger partial charge is 0.338 e. The Bertz CT molecular complexity index is 907. The lowest BCUT2D eigenvalue weighted by Crippen LogP contribution is -2.14. The molecule has 7 heteroatoms. The number of rotatable bonds is 7. The van der Waals surface area contributed by atoms with Crippen LogP contribution >= 0.6 is 11.8 Å². The van der Waals surface area contributed by atoms with E-state index in [4.69, 9.17) is 9.15 Å². The molecular weight excluding hydrogens is 364 g/mol. The number of carbonyl (C=O) groups excluding carboxylic acids is 2. The summed E-state index contributed by atoms with van der Waals surface area (Å²) in [4.78, 5) is 27.9. The molecule has 1 amide bonds. The van der Waals surface area contributed by atoms with E-state index in [0.29, 0.717) is 28.8 Å².